The zero-order chi connectivity index (χ0) is 18.6. The SMILES string of the molecule is CCNC(=NCc1ccc(-n2ccnc2C)nc1)NC1CCS(=O)(=O)C1.I. The number of rotatable bonds is 5. The normalized spacial score (nSPS) is 18.7. The van der Waals surface area contributed by atoms with Crippen molar-refractivity contribution in [1.29, 1.82) is 0 Å². The molecule has 1 fully saturated rings. The van der Waals surface area contributed by atoms with Crippen molar-refractivity contribution < 1.29 is 8.42 Å². The molecule has 0 radical (unpaired) electrons. The lowest BCUT2D eigenvalue weighted by atomic mass is 10.2. The van der Waals surface area contributed by atoms with Crippen LogP contribution in [-0.4, -0.2) is 53.0 Å². The second-order valence-electron chi connectivity index (χ2n) is 6.31. The highest BCUT2D eigenvalue weighted by Gasteiger charge is 2.28. The lowest BCUT2D eigenvalue weighted by molar-refractivity contribution is 0.599. The van der Waals surface area contributed by atoms with Crippen molar-refractivity contribution in [2.45, 2.75) is 32.9 Å². The number of hydrogen-bond donors (Lipinski definition) is 2. The summed E-state index contributed by atoms with van der Waals surface area (Å²) in [5, 5.41) is 6.37. The molecule has 3 heterocycles. The summed E-state index contributed by atoms with van der Waals surface area (Å²) in [7, 11) is -2.92. The van der Waals surface area contributed by atoms with Crippen LogP contribution in [0.5, 0.6) is 0 Å². The molecule has 0 amide bonds. The molecular formula is C17H25IN6O2S. The van der Waals surface area contributed by atoms with Crippen LogP contribution in [0, 0.1) is 6.92 Å². The average molecular weight is 504 g/mol. The van der Waals surface area contributed by atoms with Gasteiger partial charge in [-0.2, -0.15) is 0 Å². The number of sulfone groups is 1. The summed E-state index contributed by atoms with van der Waals surface area (Å²) in [6.07, 6.45) is 6.03. The Labute approximate surface area is 176 Å². The minimum absolute atomic E-state index is 0. The van der Waals surface area contributed by atoms with E-state index >= 15 is 0 Å². The van der Waals surface area contributed by atoms with Crippen molar-refractivity contribution in [1.82, 2.24) is 25.2 Å². The smallest absolute Gasteiger partial charge is 0.191 e. The molecule has 3 rings (SSSR count). The number of hydrogen-bond acceptors (Lipinski definition) is 5. The maximum Gasteiger partial charge on any atom is 0.191 e. The molecule has 1 aliphatic heterocycles. The molecular weight excluding hydrogens is 479 g/mol. The van der Waals surface area contributed by atoms with Gasteiger partial charge in [0.05, 0.1) is 18.1 Å². The van der Waals surface area contributed by atoms with E-state index in [4.69, 9.17) is 0 Å². The van der Waals surface area contributed by atoms with Gasteiger partial charge in [-0.15, -0.1) is 24.0 Å². The van der Waals surface area contributed by atoms with Crippen LogP contribution in [0.4, 0.5) is 0 Å². The number of nitrogens with one attached hydrogen (secondary N) is 2. The zero-order valence-electron chi connectivity index (χ0n) is 15.4. The predicted octanol–water partition coefficient (Wildman–Crippen LogP) is 1.44. The number of imidazole rings is 1. The lowest BCUT2D eigenvalue weighted by Crippen LogP contribution is -2.44. The average Bonchev–Trinajstić information content (AvgIpc) is 3.18. The second kappa shape index (κ2) is 9.49. The molecule has 8 nitrogen and oxygen atoms in total. The monoisotopic (exact) mass is 504 g/mol. The molecule has 0 aromatic carbocycles. The Kier molecular flexibility index (Phi) is 7.59. The maximum absolute atomic E-state index is 11.6. The van der Waals surface area contributed by atoms with E-state index in [1.807, 2.05) is 36.7 Å². The molecule has 1 unspecified atom stereocenters. The summed E-state index contributed by atoms with van der Waals surface area (Å²) in [5.74, 6) is 2.73. The quantitative estimate of drug-likeness (QED) is 0.363. The van der Waals surface area contributed by atoms with Crippen LogP contribution in [-0.2, 0) is 16.4 Å². The van der Waals surface area contributed by atoms with E-state index in [0.717, 1.165) is 17.2 Å². The topological polar surface area (TPSA) is 101 Å². The molecule has 10 heteroatoms. The van der Waals surface area contributed by atoms with E-state index in [2.05, 4.69) is 25.6 Å². The number of aliphatic imine (C=N–C) groups is 1. The van der Waals surface area contributed by atoms with Crippen molar-refractivity contribution in [3.05, 3.63) is 42.1 Å². The van der Waals surface area contributed by atoms with E-state index in [1.165, 1.54) is 0 Å². The molecule has 148 valence electrons. The van der Waals surface area contributed by atoms with Crippen molar-refractivity contribution in [2.24, 2.45) is 4.99 Å². The molecule has 0 spiro atoms. The Hall–Kier alpha value is -1.69. The largest absolute Gasteiger partial charge is 0.357 e. The Balaban J connectivity index is 0.00000261. The van der Waals surface area contributed by atoms with Gasteiger partial charge in [-0.1, -0.05) is 6.07 Å². The standard InChI is InChI=1S/C17H24N6O2S.HI/c1-3-18-17(22-15-6-9-26(24,25)12-15)21-11-14-4-5-16(20-10-14)23-8-7-19-13(23)2;/h4-5,7-8,10,15H,3,6,9,11-12H2,1-2H3,(H2,18,21,22);1H. The first-order chi connectivity index (χ1) is 12.5. The number of guanidine groups is 1. The fraction of sp³-hybridized carbons (Fsp3) is 0.471. The van der Waals surface area contributed by atoms with Gasteiger partial charge in [-0.3, -0.25) is 4.57 Å². The molecule has 0 bridgehead atoms. The molecule has 0 aliphatic carbocycles. The minimum Gasteiger partial charge on any atom is -0.357 e. The molecule has 1 atom stereocenters. The van der Waals surface area contributed by atoms with Gasteiger partial charge in [0, 0.05) is 31.2 Å². The second-order valence-corrected chi connectivity index (χ2v) is 8.54. The van der Waals surface area contributed by atoms with Crippen LogP contribution in [0.25, 0.3) is 5.82 Å². The number of aryl methyl sites for hydroxylation is 1. The fourth-order valence-electron chi connectivity index (χ4n) is 2.87. The third kappa shape index (κ3) is 5.89. The number of pyridine rings is 1. The number of nitrogens with zero attached hydrogens (tertiary/aromatic N) is 4. The molecule has 2 N–H and O–H groups in total. The molecule has 2 aromatic rings. The Morgan fingerprint density at radius 3 is 2.74 bits per heavy atom. The van der Waals surface area contributed by atoms with Gasteiger partial charge in [-0.05, 0) is 31.9 Å². The predicted molar refractivity (Wildman–Crippen MR) is 117 cm³/mol. The Bertz CT molecular complexity index is 879. The number of halogens is 1. The molecule has 0 saturated carbocycles. The first-order valence-corrected chi connectivity index (χ1v) is 10.5. The van der Waals surface area contributed by atoms with Crippen LogP contribution in [0.2, 0.25) is 0 Å². The highest BCUT2D eigenvalue weighted by molar-refractivity contribution is 14.0. The zero-order valence-corrected chi connectivity index (χ0v) is 18.6. The van der Waals surface area contributed by atoms with E-state index < -0.39 is 9.84 Å². The van der Waals surface area contributed by atoms with Crippen LogP contribution in [0.15, 0.2) is 35.7 Å². The summed E-state index contributed by atoms with van der Waals surface area (Å²) in [4.78, 5) is 13.2. The van der Waals surface area contributed by atoms with Gasteiger partial charge in [0.15, 0.2) is 15.8 Å². The third-order valence-corrected chi connectivity index (χ3v) is 5.99. The molecule has 1 saturated heterocycles. The van der Waals surface area contributed by atoms with E-state index in [-0.39, 0.29) is 41.5 Å². The summed E-state index contributed by atoms with van der Waals surface area (Å²) in [6.45, 7) is 5.08. The van der Waals surface area contributed by atoms with Crippen LogP contribution in [0.3, 0.4) is 0 Å². The lowest BCUT2D eigenvalue weighted by Gasteiger charge is -2.15. The van der Waals surface area contributed by atoms with Crippen LogP contribution in [0.1, 0.15) is 24.7 Å². The van der Waals surface area contributed by atoms with E-state index in [1.54, 1.807) is 12.4 Å². The van der Waals surface area contributed by atoms with Crippen molar-refractivity contribution in [3.8, 4) is 5.82 Å². The number of aromatic nitrogens is 3. The van der Waals surface area contributed by atoms with Gasteiger partial charge in [0.2, 0.25) is 0 Å². The summed E-state index contributed by atoms with van der Waals surface area (Å²) >= 11 is 0. The van der Waals surface area contributed by atoms with Gasteiger partial charge in [0.1, 0.15) is 11.6 Å². The summed E-state index contributed by atoms with van der Waals surface area (Å²) < 4.78 is 25.1. The Morgan fingerprint density at radius 2 is 2.19 bits per heavy atom. The van der Waals surface area contributed by atoms with Gasteiger partial charge in [-0.25, -0.2) is 23.4 Å². The maximum atomic E-state index is 11.6. The fourth-order valence-corrected chi connectivity index (χ4v) is 4.54. The van der Waals surface area contributed by atoms with Gasteiger partial charge < -0.3 is 10.6 Å². The summed E-state index contributed by atoms with van der Waals surface area (Å²) in [6, 6.07) is 3.83. The highest BCUT2D eigenvalue weighted by atomic mass is 127. The molecule has 2 aromatic heterocycles. The van der Waals surface area contributed by atoms with Gasteiger partial charge in [0.25, 0.3) is 0 Å². The first-order valence-electron chi connectivity index (χ1n) is 8.67. The molecule has 1 aliphatic rings. The van der Waals surface area contributed by atoms with Crippen LogP contribution >= 0.6 is 24.0 Å². The van der Waals surface area contributed by atoms with E-state index in [9.17, 15) is 8.42 Å². The Morgan fingerprint density at radius 1 is 1.37 bits per heavy atom. The first kappa shape index (κ1) is 21.6. The summed E-state index contributed by atoms with van der Waals surface area (Å²) in [5.41, 5.74) is 0.975. The van der Waals surface area contributed by atoms with E-state index in [0.29, 0.717) is 25.5 Å². The third-order valence-electron chi connectivity index (χ3n) is 4.22. The molecule has 27 heavy (non-hydrogen) atoms. The van der Waals surface area contributed by atoms with Crippen LogP contribution < -0.4 is 10.6 Å². The van der Waals surface area contributed by atoms with Gasteiger partial charge >= 0.3 is 0 Å². The minimum atomic E-state index is -2.92. The van der Waals surface area contributed by atoms with Crippen molar-refractivity contribution >= 4 is 39.8 Å². The van der Waals surface area contributed by atoms with Crippen molar-refractivity contribution in [2.75, 3.05) is 18.1 Å². The van der Waals surface area contributed by atoms with Crippen molar-refractivity contribution in [3.63, 3.8) is 0 Å². The highest BCUT2D eigenvalue weighted by Crippen LogP contribution is 2.12.